The molecule has 1 aliphatic heterocycles. The maximum Gasteiger partial charge on any atom is 0.242 e. The molecule has 1 aliphatic rings. The van der Waals surface area contributed by atoms with E-state index in [4.69, 9.17) is 28.9 Å². The molecule has 4 nitrogen and oxygen atoms in total. The Hall–Kier alpha value is 0.0200. The molecular weight excluding hydrogens is 351 g/mol. The number of benzene rings is 1. The van der Waals surface area contributed by atoms with Crippen LogP contribution in [0.5, 0.6) is 0 Å². The average molecular weight is 369 g/mol. The molecule has 1 heterocycles. The lowest BCUT2D eigenvalue weighted by Crippen LogP contribution is -2.31. The summed E-state index contributed by atoms with van der Waals surface area (Å²) in [6.07, 6.45) is 2.07. The molecule has 21 heavy (non-hydrogen) atoms. The molecule has 1 fully saturated rings. The molecular formula is C13H18Cl2N2O2S2. The highest BCUT2D eigenvalue weighted by molar-refractivity contribution is 7.99. The summed E-state index contributed by atoms with van der Waals surface area (Å²) in [4.78, 5) is 0.0409. The molecule has 0 amide bonds. The van der Waals surface area contributed by atoms with E-state index < -0.39 is 10.0 Å². The molecule has 8 heteroatoms. The van der Waals surface area contributed by atoms with Gasteiger partial charge in [0.25, 0.3) is 0 Å². The molecule has 0 aliphatic carbocycles. The van der Waals surface area contributed by atoms with Crippen LogP contribution in [-0.4, -0.2) is 26.5 Å². The van der Waals surface area contributed by atoms with Crippen molar-refractivity contribution in [1.82, 2.24) is 4.72 Å². The molecule has 0 aromatic heterocycles. The third kappa shape index (κ3) is 4.27. The maximum atomic E-state index is 12.4. The zero-order valence-electron chi connectivity index (χ0n) is 11.4. The highest BCUT2D eigenvalue weighted by atomic mass is 35.5. The van der Waals surface area contributed by atoms with E-state index >= 15 is 0 Å². The molecule has 1 saturated heterocycles. The number of rotatable bonds is 5. The van der Waals surface area contributed by atoms with Crippen LogP contribution in [0, 0.1) is 5.92 Å². The molecule has 2 rings (SSSR count). The molecule has 1 aromatic carbocycles. The summed E-state index contributed by atoms with van der Waals surface area (Å²) in [6.45, 7) is 0.542. The average Bonchev–Trinajstić information content (AvgIpc) is 2.46. The van der Waals surface area contributed by atoms with E-state index in [9.17, 15) is 8.42 Å². The van der Waals surface area contributed by atoms with Gasteiger partial charge in [-0.1, -0.05) is 23.2 Å². The standard InChI is InChI=1S/C13H18Cl2N2O2S2/c14-11-1-2-12(13(15)10(11)7-16)21(18,19)17-8-9-3-5-20-6-4-9/h1-2,9,17H,3-8,16H2. The third-order valence-corrected chi connectivity index (χ3v) is 6.96. The first-order valence-electron chi connectivity index (χ1n) is 6.70. The topological polar surface area (TPSA) is 72.2 Å². The lowest BCUT2D eigenvalue weighted by molar-refractivity contribution is 0.476. The summed E-state index contributed by atoms with van der Waals surface area (Å²) in [6, 6.07) is 2.93. The number of halogens is 2. The van der Waals surface area contributed by atoms with Crippen LogP contribution in [0.25, 0.3) is 0 Å². The highest BCUT2D eigenvalue weighted by Gasteiger charge is 2.23. The number of nitrogens with one attached hydrogen (secondary N) is 1. The van der Waals surface area contributed by atoms with Crippen molar-refractivity contribution in [3.8, 4) is 0 Å². The van der Waals surface area contributed by atoms with Crippen molar-refractivity contribution >= 4 is 45.0 Å². The first kappa shape index (κ1) is 17.4. The summed E-state index contributed by atoms with van der Waals surface area (Å²) in [5, 5.41) is 0.488. The van der Waals surface area contributed by atoms with Crippen LogP contribution >= 0.6 is 35.0 Å². The Balaban J connectivity index is 2.15. The van der Waals surface area contributed by atoms with E-state index in [-0.39, 0.29) is 16.5 Å². The summed E-state index contributed by atoms with van der Waals surface area (Å²) in [5.74, 6) is 2.57. The van der Waals surface area contributed by atoms with Gasteiger partial charge in [0.15, 0.2) is 0 Å². The normalized spacial score (nSPS) is 17.1. The lowest BCUT2D eigenvalue weighted by Gasteiger charge is -2.21. The van der Waals surface area contributed by atoms with Gasteiger partial charge in [-0.05, 0) is 42.4 Å². The first-order valence-corrected chi connectivity index (χ1v) is 10.1. The quantitative estimate of drug-likeness (QED) is 0.837. The molecule has 118 valence electrons. The van der Waals surface area contributed by atoms with E-state index in [1.807, 2.05) is 11.8 Å². The molecule has 0 unspecified atom stereocenters. The van der Waals surface area contributed by atoms with Gasteiger partial charge < -0.3 is 5.73 Å². The summed E-state index contributed by atoms with van der Waals surface area (Å²) in [5.41, 5.74) is 6.02. The maximum absolute atomic E-state index is 12.4. The van der Waals surface area contributed by atoms with Crippen LogP contribution in [0.1, 0.15) is 18.4 Å². The molecule has 0 saturated carbocycles. The fourth-order valence-electron chi connectivity index (χ4n) is 2.23. The molecule has 3 N–H and O–H groups in total. The van der Waals surface area contributed by atoms with Gasteiger partial charge in [-0.2, -0.15) is 11.8 Å². The number of thioether (sulfide) groups is 1. The Kier molecular flexibility index (Phi) is 6.23. The monoisotopic (exact) mass is 368 g/mol. The minimum atomic E-state index is -3.64. The Bertz CT molecular complexity index is 602. The van der Waals surface area contributed by atoms with Crippen LogP contribution in [0.15, 0.2) is 17.0 Å². The summed E-state index contributed by atoms with van der Waals surface area (Å²) in [7, 11) is -3.64. The van der Waals surface area contributed by atoms with Gasteiger partial charge in [0.05, 0.1) is 5.02 Å². The fraction of sp³-hybridized carbons (Fsp3) is 0.538. The Morgan fingerprint density at radius 1 is 1.29 bits per heavy atom. The zero-order valence-corrected chi connectivity index (χ0v) is 14.6. The Labute approximate surface area is 139 Å². The second-order valence-electron chi connectivity index (χ2n) is 4.95. The minimum Gasteiger partial charge on any atom is -0.326 e. The van der Waals surface area contributed by atoms with Crippen molar-refractivity contribution in [2.45, 2.75) is 24.3 Å². The molecule has 1 aromatic rings. The van der Waals surface area contributed by atoms with E-state index in [0.717, 1.165) is 24.3 Å². The molecule has 0 spiro atoms. The Morgan fingerprint density at radius 3 is 2.57 bits per heavy atom. The predicted molar refractivity (Wildman–Crippen MR) is 89.6 cm³/mol. The highest BCUT2D eigenvalue weighted by Crippen LogP contribution is 2.31. The smallest absolute Gasteiger partial charge is 0.242 e. The van der Waals surface area contributed by atoms with Gasteiger partial charge >= 0.3 is 0 Å². The predicted octanol–water partition coefficient (Wildman–Crippen LogP) is 2.87. The first-order chi connectivity index (χ1) is 9.95. The van der Waals surface area contributed by atoms with E-state index in [2.05, 4.69) is 4.72 Å². The van der Waals surface area contributed by atoms with Gasteiger partial charge in [0, 0.05) is 23.7 Å². The SMILES string of the molecule is NCc1c(Cl)ccc(S(=O)(=O)NCC2CCSCC2)c1Cl. The zero-order chi connectivity index (χ0) is 15.5. The van der Waals surface area contributed by atoms with E-state index in [0.29, 0.717) is 23.0 Å². The van der Waals surface area contributed by atoms with Gasteiger partial charge in [0.2, 0.25) is 10.0 Å². The van der Waals surface area contributed by atoms with Crippen LogP contribution in [-0.2, 0) is 16.6 Å². The van der Waals surface area contributed by atoms with Crippen molar-refractivity contribution < 1.29 is 8.42 Å². The van der Waals surface area contributed by atoms with Crippen LogP contribution < -0.4 is 10.5 Å². The number of hydrogen-bond donors (Lipinski definition) is 2. The summed E-state index contributed by atoms with van der Waals surface area (Å²) < 4.78 is 27.4. The second kappa shape index (κ2) is 7.53. The largest absolute Gasteiger partial charge is 0.326 e. The second-order valence-corrected chi connectivity index (χ2v) is 8.70. The van der Waals surface area contributed by atoms with Crippen molar-refractivity contribution in [2.24, 2.45) is 11.7 Å². The van der Waals surface area contributed by atoms with Gasteiger partial charge in [-0.3, -0.25) is 0 Å². The summed E-state index contributed by atoms with van der Waals surface area (Å²) >= 11 is 14.0. The van der Waals surface area contributed by atoms with Crippen LogP contribution in [0.3, 0.4) is 0 Å². The number of nitrogens with two attached hydrogens (primary N) is 1. The lowest BCUT2D eigenvalue weighted by atomic mass is 10.0. The third-order valence-electron chi connectivity index (χ3n) is 3.55. The van der Waals surface area contributed by atoms with Crippen molar-refractivity contribution in [1.29, 1.82) is 0 Å². The minimum absolute atomic E-state index is 0.0409. The number of hydrogen-bond acceptors (Lipinski definition) is 4. The van der Waals surface area contributed by atoms with Crippen LogP contribution in [0.4, 0.5) is 0 Å². The van der Waals surface area contributed by atoms with Crippen molar-refractivity contribution in [2.75, 3.05) is 18.1 Å². The van der Waals surface area contributed by atoms with E-state index in [1.165, 1.54) is 12.1 Å². The molecule has 0 radical (unpaired) electrons. The van der Waals surface area contributed by atoms with Crippen molar-refractivity contribution in [3.05, 3.63) is 27.7 Å². The molecule has 0 bridgehead atoms. The van der Waals surface area contributed by atoms with Gasteiger partial charge in [0.1, 0.15) is 4.90 Å². The van der Waals surface area contributed by atoms with Crippen molar-refractivity contribution in [3.63, 3.8) is 0 Å². The van der Waals surface area contributed by atoms with E-state index in [1.54, 1.807) is 0 Å². The molecule has 0 atom stereocenters. The fourth-order valence-corrected chi connectivity index (χ4v) is 5.48. The Morgan fingerprint density at radius 2 is 1.95 bits per heavy atom. The van der Waals surface area contributed by atoms with Crippen LogP contribution in [0.2, 0.25) is 10.0 Å². The number of sulfonamides is 1. The van der Waals surface area contributed by atoms with Gasteiger partial charge in [-0.25, -0.2) is 13.1 Å². The van der Waals surface area contributed by atoms with Gasteiger partial charge in [-0.15, -0.1) is 0 Å².